The summed E-state index contributed by atoms with van der Waals surface area (Å²) >= 11 is 0. The van der Waals surface area contributed by atoms with Crippen molar-refractivity contribution in [3.63, 3.8) is 0 Å². The topological polar surface area (TPSA) is 40.6 Å². The van der Waals surface area contributed by atoms with Gasteiger partial charge >= 0.3 is 0 Å². The van der Waals surface area contributed by atoms with Crippen LogP contribution >= 0.6 is 0 Å². The highest BCUT2D eigenvalue weighted by Crippen LogP contribution is 2.21. The molecule has 1 aromatic rings. The number of rotatable bonds is 4. The summed E-state index contributed by atoms with van der Waals surface area (Å²) in [6.07, 6.45) is 0.799. The van der Waals surface area contributed by atoms with E-state index in [0.29, 0.717) is 32.5 Å². The minimum atomic E-state index is -0.281. The van der Waals surface area contributed by atoms with Crippen molar-refractivity contribution in [3.8, 4) is 0 Å². The van der Waals surface area contributed by atoms with Crippen LogP contribution in [0, 0.1) is 11.7 Å². The Balaban J connectivity index is 2.22. The molecule has 0 unspecified atom stereocenters. The van der Waals surface area contributed by atoms with E-state index in [1.54, 1.807) is 17.0 Å². The van der Waals surface area contributed by atoms with Crippen LogP contribution in [0.3, 0.4) is 0 Å². The fourth-order valence-corrected chi connectivity index (χ4v) is 2.99. The number of hydrogen-bond donors (Lipinski definition) is 0. The molecule has 2 amide bonds. The summed E-state index contributed by atoms with van der Waals surface area (Å²) in [5.41, 5.74) is 0.903. The predicted molar refractivity (Wildman–Crippen MR) is 87.1 cm³/mol. The highest BCUT2D eigenvalue weighted by molar-refractivity contribution is 5.80. The van der Waals surface area contributed by atoms with Crippen LogP contribution in [0.2, 0.25) is 0 Å². The molecule has 1 saturated heterocycles. The SMILES string of the molecule is CCC(=O)N1CCC(=O)N(Cc2ccc(F)cc2)[C@@H](C(C)C)C1. The molecule has 0 bridgehead atoms. The molecule has 23 heavy (non-hydrogen) atoms. The Labute approximate surface area is 137 Å². The van der Waals surface area contributed by atoms with Gasteiger partial charge in [-0.2, -0.15) is 0 Å². The average molecular weight is 320 g/mol. The van der Waals surface area contributed by atoms with E-state index >= 15 is 0 Å². The van der Waals surface area contributed by atoms with Crippen LogP contribution in [0.1, 0.15) is 39.2 Å². The van der Waals surface area contributed by atoms with Crippen molar-refractivity contribution in [2.24, 2.45) is 5.92 Å². The summed E-state index contributed by atoms with van der Waals surface area (Å²) in [7, 11) is 0. The van der Waals surface area contributed by atoms with E-state index in [9.17, 15) is 14.0 Å². The molecule has 0 N–H and O–H groups in total. The van der Waals surface area contributed by atoms with Crippen molar-refractivity contribution in [2.75, 3.05) is 13.1 Å². The maximum Gasteiger partial charge on any atom is 0.224 e. The lowest BCUT2D eigenvalue weighted by Gasteiger charge is -2.34. The molecule has 4 nitrogen and oxygen atoms in total. The number of carbonyl (C=O) groups excluding carboxylic acids is 2. The molecule has 1 heterocycles. The molecule has 1 aliphatic rings. The zero-order valence-electron chi connectivity index (χ0n) is 14.1. The van der Waals surface area contributed by atoms with Gasteiger partial charge in [0.05, 0.1) is 6.04 Å². The Morgan fingerprint density at radius 2 is 1.96 bits per heavy atom. The van der Waals surface area contributed by atoms with Crippen LogP contribution in [0.4, 0.5) is 4.39 Å². The highest BCUT2D eigenvalue weighted by Gasteiger charge is 2.32. The predicted octanol–water partition coefficient (Wildman–Crippen LogP) is 2.82. The maximum absolute atomic E-state index is 13.1. The summed E-state index contributed by atoms with van der Waals surface area (Å²) in [4.78, 5) is 28.3. The monoisotopic (exact) mass is 320 g/mol. The lowest BCUT2D eigenvalue weighted by molar-refractivity contribution is -0.134. The first-order valence-corrected chi connectivity index (χ1v) is 8.24. The molecule has 1 aliphatic heterocycles. The Morgan fingerprint density at radius 3 is 2.52 bits per heavy atom. The number of carbonyl (C=O) groups is 2. The first-order valence-electron chi connectivity index (χ1n) is 8.24. The van der Waals surface area contributed by atoms with E-state index in [0.717, 1.165) is 5.56 Å². The summed E-state index contributed by atoms with van der Waals surface area (Å²) < 4.78 is 13.1. The fourth-order valence-electron chi connectivity index (χ4n) is 2.99. The van der Waals surface area contributed by atoms with Gasteiger partial charge in [0.15, 0.2) is 0 Å². The first-order chi connectivity index (χ1) is 10.9. The standard InChI is InChI=1S/C18H25FN2O2/c1-4-17(22)20-10-9-18(23)21(16(12-20)13(2)3)11-14-5-7-15(19)8-6-14/h5-8,13,16H,4,9-12H2,1-3H3/t16-/m1/s1. The first kappa shape index (κ1) is 17.4. The Morgan fingerprint density at radius 1 is 1.30 bits per heavy atom. The Hall–Kier alpha value is -1.91. The van der Waals surface area contributed by atoms with Crippen molar-refractivity contribution < 1.29 is 14.0 Å². The van der Waals surface area contributed by atoms with E-state index in [1.165, 1.54) is 12.1 Å². The summed E-state index contributed by atoms with van der Waals surface area (Å²) in [6, 6.07) is 6.22. The summed E-state index contributed by atoms with van der Waals surface area (Å²) in [5.74, 6) is 0.104. The second kappa shape index (κ2) is 7.57. The van der Waals surface area contributed by atoms with E-state index in [2.05, 4.69) is 13.8 Å². The van der Waals surface area contributed by atoms with Crippen LogP contribution in [0.15, 0.2) is 24.3 Å². The minimum Gasteiger partial charge on any atom is -0.340 e. The van der Waals surface area contributed by atoms with Gasteiger partial charge in [-0.3, -0.25) is 9.59 Å². The third-order valence-corrected chi connectivity index (χ3v) is 4.41. The molecule has 1 aromatic carbocycles. The average Bonchev–Trinajstić information content (AvgIpc) is 2.69. The molecule has 0 aliphatic carbocycles. The third kappa shape index (κ3) is 4.30. The molecular weight excluding hydrogens is 295 g/mol. The van der Waals surface area contributed by atoms with Crippen molar-refractivity contribution in [3.05, 3.63) is 35.6 Å². The van der Waals surface area contributed by atoms with Gasteiger partial charge in [0, 0.05) is 32.5 Å². The number of halogens is 1. The highest BCUT2D eigenvalue weighted by atomic mass is 19.1. The van der Waals surface area contributed by atoms with Crippen LogP contribution in [0.5, 0.6) is 0 Å². The molecule has 5 heteroatoms. The number of benzene rings is 1. The molecule has 0 aromatic heterocycles. The fraction of sp³-hybridized carbons (Fsp3) is 0.556. The van der Waals surface area contributed by atoms with Gasteiger partial charge in [-0.1, -0.05) is 32.9 Å². The van der Waals surface area contributed by atoms with Crippen molar-refractivity contribution in [2.45, 2.75) is 46.2 Å². The molecule has 0 radical (unpaired) electrons. The van der Waals surface area contributed by atoms with Crippen molar-refractivity contribution >= 4 is 11.8 Å². The quantitative estimate of drug-likeness (QED) is 0.856. The van der Waals surface area contributed by atoms with Crippen LogP contribution in [-0.2, 0) is 16.1 Å². The zero-order valence-corrected chi connectivity index (χ0v) is 14.1. The third-order valence-electron chi connectivity index (χ3n) is 4.41. The number of nitrogens with zero attached hydrogens (tertiary/aromatic N) is 2. The van der Waals surface area contributed by atoms with Gasteiger partial charge in [0.2, 0.25) is 11.8 Å². The van der Waals surface area contributed by atoms with Crippen molar-refractivity contribution in [1.82, 2.24) is 9.80 Å². The maximum atomic E-state index is 13.1. The largest absolute Gasteiger partial charge is 0.340 e. The van der Waals surface area contributed by atoms with E-state index in [-0.39, 0.29) is 29.6 Å². The Bertz CT molecular complexity index is 557. The molecule has 1 fully saturated rings. The lowest BCUT2D eigenvalue weighted by atomic mass is 10.0. The van der Waals surface area contributed by atoms with E-state index < -0.39 is 0 Å². The summed E-state index contributed by atoms with van der Waals surface area (Å²) in [6.45, 7) is 7.48. The smallest absolute Gasteiger partial charge is 0.224 e. The van der Waals surface area contributed by atoms with Gasteiger partial charge < -0.3 is 9.80 Å². The molecule has 126 valence electrons. The van der Waals surface area contributed by atoms with Crippen LogP contribution in [0.25, 0.3) is 0 Å². The molecule has 0 spiro atoms. The molecule has 2 rings (SSSR count). The summed E-state index contributed by atoms with van der Waals surface area (Å²) in [5, 5.41) is 0. The second-order valence-corrected chi connectivity index (χ2v) is 6.40. The van der Waals surface area contributed by atoms with E-state index in [4.69, 9.17) is 0 Å². The lowest BCUT2D eigenvalue weighted by Crippen LogP contribution is -2.46. The second-order valence-electron chi connectivity index (χ2n) is 6.40. The number of amides is 2. The van der Waals surface area contributed by atoms with Crippen LogP contribution in [-0.4, -0.2) is 40.7 Å². The van der Waals surface area contributed by atoms with Gasteiger partial charge in [0.25, 0.3) is 0 Å². The number of hydrogen-bond acceptors (Lipinski definition) is 2. The molecule has 1 atom stereocenters. The molecular formula is C18H25FN2O2. The Kier molecular flexibility index (Phi) is 5.74. The van der Waals surface area contributed by atoms with Gasteiger partial charge in [0.1, 0.15) is 5.82 Å². The van der Waals surface area contributed by atoms with Gasteiger partial charge in [-0.15, -0.1) is 0 Å². The van der Waals surface area contributed by atoms with Crippen molar-refractivity contribution in [1.29, 1.82) is 0 Å². The minimum absolute atomic E-state index is 0.0226. The van der Waals surface area contributed by atoms with Crippen LogP contribution < -0.4 is 0 Å². The van der Waals surface area contributed by atoms with E-state index in [1.807, 2.05) is 11.8 Å². The zero-order chi connectivity index (χ0) is 17.0. The normalized spacial score (nSPS) is 19.2. The van der Waals surface area contributed by atoms with Gasteiger partial charge in [-0.05, 0) is 23.6 Å². The molecule has 0 saturated carbocycles. The van der Waals surface area contributed by atoms with Gasteiger partial charge in [-0.25, -0.2) is 4.39 Å².